The van der Waals surface area contributed by atoms with E-state index in [0.29, 0.717) is 5.69 Å². The Hall–Kier alpha value is -3.53. The number of alkyl halides is 3. The van der Waals surface area contributed by atoms with Gasteiger partial charge in [-0.2, -0.15) is 13.2 Å². The number of amides is 1. The van der Waals surface area contributed by atoms with Gasteiger partial charge in [-0.05, 0) is 52.9 Å². The lowest BCUT2D eigenvalue weighted by Gasteiger charge is -2.36. The minimum absolute atomic E-state index is 0.0622. The van der Waals surface area contributed by atoms with Crippen LogP contribution in [0.5, 0.6) is 5.75 Å². The summed E-state index contributed by atoms with van der Waals surface area (Å²) in [6.45, 7) is 5.52. The number of sulfonamides is 1. The Labute approximate surface area is 214 Å². The van der Waals surface area contributed by atoms with Crippen LogP contribution in [0.2, 0.25) is 0 Å². The number of anilines is 1. The van der Waals surface area contributed by atoms with E-state index in [1.807, 2.05) is 26.8 Å². The molecule has 1 heterocycles. The van der Waals surface area contributed by atoms with Crippen LogP contribution in [0.1, 0.15) is 37.5 Å². The molecule has 1 amide bonds. The molecule has 0 saturated carbocycles. The van der Waals surface area contributed by atoms with Crippen LogP contribution in [0.25, 0.3) is 0 Å². The molecule has 1 aliphatic rings. The first-order valence-electron chi connectivity index (χ1n) is 11.6. The van der Waals surface area contributed by atoms with Gasteiger partial charge < -0.3 is 10.1 Å². The van der Waals surface area contributed by atoms with Gasteiger partial charge in [0.15, 0.2) is 6.10 Å². The van der Waals surface area contributed by atoms with E-state index in [1.54, 1.807) is 30.3 Å². The molecular weight excluding hydrogens is 505 g/mol. The lowest BCUT2D eigenvalue weighted by atomic mass is 9.86. The van der Waals surface area contributed by atoms with E-state index in [0.717, 1.165) is 22.0 Å². The van der Waals surface area contributed by atoms with Crippen LogP contribution in [-0.4, -0.2) is 27.0 Å². The molecule has 10 heteroatoms. The smallest absolute Gasteiger partial charge is 0.416 e. The van der Waals surface area contributed by atoms with Crippen molar-refractivity contribution in [1.29, 1.82) is 0 Å². The molecule has 0 saturated heterocycles. The first kappa shape index (κ1) is 26.5. The number of hydrogen-bond donors (Lipinski definition) is 1. The lowest BCUT2D eigenvalue weighted by molar-refractivity contribution is -0.137. The molecule has 3 aromatic carbocycles. The predicted molar refractivity (Wildman–Crippen MR) is 134 cm³/mol. The predicted octanol–water partition coefficient (Wildman–Crippen LogP) is 5.28. The van der Waals surface area contributed by atoms with E-state index in [2.05, 4.69) is 5.32 Å². The minimum Gasteiger partial charge on any atom is -0.476 e. The third kappa shape index (κ3) is 5.74. The van der Waals surface area contributed by atoms with Crippen molar-refractivity contribution < 1.29 is 31.1 Å². The van der Waals surface area contributed by atoms with Gasteiger partial charge in [-0.1, -0.05) is 57.2 Å². The Morgan fingerprint density at radius 2 is 1.68 bits per heavy atom. The Morgan fingerprint density at radius 3 is 2.32 bits per heavy atom. The summed E-state index contributed by atoms with van der Waals surface area (Å²) in [5.41, 5.74) is 0.365. The molecule has 0 radical (unpaired) electrons. The number of carbonyl (C=O) groups excluding carboxylic acids is 1. The number of rotatable bonds is 5. The Kier molecular flexibility index (Phi) is 6.98. The van der Waals surface area contributed by atoms with E-state index in [1.165, 1.54) is 24.3 Å². The maximum absolute atomic E-state index is 13.6. The summed E-state index contributed by atoms with van der Waals surface area (Å²) in [7, 11) is -4.04. The van der Waals surface area contributed by atoms with E-state index < -0.39 is 33.8 Å². The molecule has 196 valence electrons. The normalized spacial score (nSPS) is 16.1. The molecule has 37 heavy (non-hydrogen) atoms. The van der Waals surface area contributed by atoms with Crippen LogP contribution in [-0.2, 0) is 33.0 Å². The summed E-state index contributed by atoms with van der Waals surface area (Å²) in [5, 5.41) is 2.57. The summed E-state index contributed by atoms with van der Waals surface area (Å²) < 4.78 is 73.4. The molecule has 0 aliphatic carbocycles. The van der Waals surface area contributed by atoms with Gasteiger partial charge >= 0.3 is 6.18 Å². The highest BCUT2D eigenvalue weighted by Crippen LogP contribution is 2.40. The van der Waals surface area contributed by atoms with Gasteiger partial charge in [0.1, 0.15) is 5.75 Å². The van der Waals surface area contributed by atoms with Crippen LogP contribution in [0.15, 0.2) is 77.7 Å². The molecular formula is C27H27F3N2O4S. The maximum atomic E-state index is 13.6. The molecule has 6 nitrogen and oxygen atoms in total. The van der Waals surface area contributed by atoms with Crippen molar-refractivity contribution in [2.24, 2.45) is 0 Å². The number of benzene rings is 3. The zero-order valence-corrected chi connectivity index (χ0v) is 21.4. The van der Waals surface area contributed by atoms with Crippen LogP contribution >= 0.6 is 0 Å². The van der Waals surface area contributed by atoms with Crippen LogP contribution < -0.4 is 14.4 Å². The highest BCUT2D eigenvalue weighted by atomic mass is 32.2. The number of hydrogen-bond acceptors (Lipinski definition) is 4. The first-order valence-corrected chi connectivity index (χ1v) is 13.0. The maximum Gasteiger partial charge on any atom is 0.416 e. The SMILES string of the molecule is CC(C)(C)c1ccc2c(c1)N(S(=O)(=O)c1ccccc1)C[C@H](C(=O)NCc1cccc(C(F)(F)F)c1)O2. The van der Waals surface area contributed by atoms with Gasteiger partial charge in [0.25, 0.3) is 15.9 Å². The molecule has 0 aromatic heterocycles. The molecule has 1 N–H and O–H groups in total. The van der Waals surface area contributed by atoms with E-state index in [-0.39, 0.29) is 34.7 Å². The number of nitrogens with one attached hydrogen (secondary N) is 1. The average Bonchev–Trinajstić information content (AvgIpc) is 2.86. The van der Waals surface area contributed by atoms with Crippen molar-refractivity contribution in [2.45, 2.75) is 49.9 Å². The van der Waals surface area contributed by atoms with Gasteiger partial charge in [0.2, 0.25) is 0 Å². The summed E-state index contributed by atoms with van der Waals surface area (Å²) in [5.74, 6) is -0.422. The second-order valence-electron chi connectivity index (χ2n) is 9.80. The van der Waals surface area contributed by atoms with Crippen molar-refractivity contribution in [3.8, 4) is 5.75 Å². The van der Waals surface area contributed by atoms with Gasteiger partial charge in [-0.3, -0.25) is 9.10 Å². The van der Waals surface area contributed by atoms with Crippen LogP contribution in [0, 0.1) is 0 Å². The molecule has 3 aromatic rings. The van der Waals surface area contributed by atoms with Gasteiger partial charge in [0, 0.05) is 6.54 Å². The molecule has 4 rings (SSSR count). The molecule has 0 bridgehead atoms. The fourth-order valence-corrected chi connectivity index (χ4v) is 5.45. The highest BCUT2D eigenvalue weighted by molar-refractivity contribution is 7.92. The van der Waals surface area contributed by atoms with Gasteiger partial charge in [-0.25, -0.2) is 8.42 Å². The number of nitrogens with zero attached hydrogens (tertiary/aromatic N) is 1. The minimum atomic E-state index is -4.51. The van der Waals surface area contributed by atoms with Crippen LogP contribution in [0.3, 0.4) is 0 Å². The van der Waals surface area contributed by atoms with E-state index in [4.69, 9.17) is 4.74 Å². The second kappa shape index (κ2) is 9.74. The molecule has 0 spiro atoms. The van der Waals surface area contributed by atoms with E-state index in [9.17, 15) is 26.4 Å². The van der Waals surface area contributed by atoms with Crippen molar-refractivity contribution in [1.82, 2.24) is 5.32 Å². The summed E-state index contributed by atoms with van der Waals surface area (Å²) >= 11 is 0. The van der Waals surface area contributed by atoms with Crippen LogP contribution in [0.4, 0.5) is 18.9 Å². The molecule has 0 unspecified atom stereocenters. The first-order chi connectivity index (χ1) is 17.3. The van der Waals surface area contributed by atoms with Crippen molar-refractivity contribution in [3.05, 3.63) is 89.5 Å². The monoisotopic (exact) mass is 532 g/mol. The molecule has 1 aliphatic heterocycles. The summed E-state index contributed by atoms with van der Waals surface area (Å²) in [4.78, 5) is 13.1. The number of carbonyl (C=O) groups is 1. The Morgan fingerprint density at radius 1 is 0.973 bits per heavy atom. The number of halogens is 3. The fraction of sp³-hybridized carbons (Fsp3) is 0.296. The zero-order valence-electron chi connectivity index (χ0n) is 20.5. The van der Waals surface area contributed by atoms with Crippen molar-refractivity contribution in [3.63, 3.8) is 0 Å². The topological polar surface area (TPSA) is 75.7 Å². The van der Waals surface area contributed by atoms with Gasteiger partial charge in [-0.15, -0.1) is 0 Å². The Balaban J connectivity index is 1.63. The van der Waals surface area contributed by atoms with Crippen molar-refractivity contribution in [2.75, 3.05) is 10.8 Å². The third-order valence-electron chi connectivity index (χ3n) is 6.04. The summed E-state index contributed by atoms with van der Waals surface area (Å²) in [6, 6.07) is 17.7. The average molecular weight is 533 g/mol. The summed E-state index contributed by atoms with van der Waals surface area (Å²) in [6.07, 6.45) is -5.72. The zero-order chi connectivity index (χ0) is 27.0. The Bertz CT molecular complexity index is 1400. The third-order valence-corrected chi connectivity index (χ3v) is 7.83. The van der Waals surface area contributed by atoms with Crippen molar-refractivity contribution >= 4 is 21.6 Å². The highest BCUT2D eigenvalue weighted by Gasteiger charge is 2.38. The van der Waals surface area contributed by atoms with Gasteiger partial charge in [0.05, 0.1) is 22.7 Å². The quantitative estimate of drug-likeness (QED) is 0.486. The fourth-order valence-electron chi connectivity index (χ4n) is 3.96. The molecule has 0 fully saturated rings. The largest absolute Gasteiger partial charge is 0.476 e. The number of ether oxygens (including phenoxy) is 1. The lowest BCUT2D eigenvalue weighted by Crippen LogP contribution is -2.50. The molecule has 1 atom stereocenters. The van der Waals surface area contributed by atoms with E-state index >= 15 is 0 Å². The number of fused-ring (bicyclic) bond motifs is 1. The second-order valence-corrected chi connectivity index (χ2v) is 11.7. The standard InChI is InChI=1S/C27H27F3N2O4S/c1-26(2,3)19-12-13-23-22(15-19)32(37(34,35)21-10-5-4-6-11-21)17-24(36-23)25(33)31-16-18-8-7-9-20(14-18)27(28,29)30/h4-15,24H,16-17H2,1-3H3,(H,31,33)/t24-/m1/s1.